The Bertz CT molecular complexity index is 740. The van der Waals surface area contributed by atoms with Crippen molar-refractivity contribution < 1.29 is 14.3 Å². The summed E-state index contributed by atoms with van der Waals surface area (Å²) in [5.41, 5.74) is 2.16. The van der Waals surface area contributed by atoms with E-state index in [1.165, 1.54) is 5.56 Å². The average Bonchev–Trinajstić information content (AvgIpc) is 3.11. The van der Waals surface area contributed by atoms with Crippen molar-refractivity contribution in [2.75, 3.05) is 19.6 Å². The number of likely N-dealkylation sites (tertiary alicyclic amines) is 1. The number of carbonyl (C=O) groups is 2. The largest absolute Gasteiger partial charge is 0.444 e. The minimum absolute atomic E-state index is 0.00411. The molecule has 0 radical (unpaired) electrons. The van der Waals surface area contributed by atoms with Crippen LogP contribution in [0.15, 0.2) is 18.5 Å². The van der Waals surface area contributed by atoms with Crippen LogP contribution in [0.5, 0.6) is 0 Å². The van der Waals surface area contributed by atoms with Crippen molar-refractivity contribution in [3.63, 3.8) is 0 Å². The van der Waals surface area contributed by atoms with Crippen LogP contribution >= 0.6 is 0 Å². The van der Waals surface area contributed by atoms with Gasteiger partial charge in [-0.3, -0.25) is 4.98 Å². The number of ether oxygens (including phenoxy) is 1. The zero-order chi connectivity index (χ0) is 19.9. The lowest BCUT2D eigenvalue weighted by Gasteiger charge is -2.34. The molecule has 152 valence electrons. The molecule has 0 aromatic carbocycles. The second-order valence-electron chi connectivity index (χ2n) is 9.42. The van der Waals surface area contributed by atoms with Crippen LogP contribution in [-0.4, -0.2) is 52.1 Å². The van der Waals surface area contributed by atoms with Gasteiger partial charge in [0.1, 0.15) is 5.60 Å². The topological polar surface area (TPSA) is 74.8 Å². The van der Waals surface area contributed by atoms with Crippen LogP contribution in [0.2, 0.25) is 0 Å². The standard InChI is InChI=1S/C21H30N4O3/c1-20(2,3)28-19(27)24-8-5-21(6-9-24)10-17(21)12-23-18(26)25-13-15-4-7-22-11-16(15)14-25/h4,7,11,17H,5-6,8-10,12-14H2,1-3H3,(H,23,26). The van der Waals surface area contributed by atoms with Gasteiger partial charge in [-0.15, -0.1) is 0 Å². The maximum Gasteiger partial charge on any atom is 0.410 e. The number of hydrogen-bond acceptors (Lipinski definition) is 4. The van der Waals surface area contributed by atoms with Crippen LogP contribution in [0.25, 0.3) is 0 Å². The number of amides is 3. The van der Waals surface area contributed by atoms with E-state index in [-0.39, 0.29) is 12.1 Å². The van der Waals surface area contributed by atoms with Gasteiger partial charge < -0.3 is 19.9 Å². The molecule has 7 heteroatoms. The lowest BCUT2D eigenvalue weighted by atomic mass is 9.91. The fourth-order valence-electron chi connectivity index (χ4n) is 4.48. The quantitative estimate of drug-likeness (QED) is 0.847. The minimum atomic E-state index is -0.454. The maximum atomic E-state index is 12.5. The third-order valence-corrected chi connectivity index (χ3v) is 6.28. The van der Waals surface area contributed by atoms with E-state index in [1.54, 1.807) is 6.20 Å². The highest BCUT2D eigenvalue weighted by molar-refractivity contribution is 5.75. The Morgan fingerprint density at radius 3 is 2.61 bits per heavy atom. The van der Waals surface area contributed by atoms with Gasteiger partial charge in [-0.1, -0.05) is 0 Å². The number of carbonyl (C=O) groups excluding carboxylic acids is 2. The Balaban J connectivity index is 1.21. The second-order valence-corrected chi connectivity index (χ2v) is 9.42. The first-order valence-electron chi connectivity index (χ1n) is 10.2. The SMILES string of the molecule is CC(C)(C)OC(=O)N1CCC2(CC1)CC2CNC(=O)N1Cc2ccncc2C1. The molecule has 2 aliphatic heterocycles. The molecule has 4 rings (SSSR count). The third-order valence-electron chi connectivity index (χ3n) is 6.28. The van der Waals surface area contributed by atoms with Gasteiger partial charge >= 0.3 is 12.1 Å². The summed E-state index contributed by atoms with van der Waals surface area (Å²) in [7, 11) is 0. The van der Waals surface area contributed by atoms with Gasteiger partial charge in [0, 0.05) is 45.1 Å². The van der Waals surface area contributed by atoms with Gasteiger partial charge in [-0.2, -0.15) is 0 Å². The first-order valence-corrected chi connectivity index (χ1v) is 10.2. The molecule has 1 aliphatic carbocycles. The van der Waals surface area contributed by atoms with E-state index in [0.717, 1.165) is 44.5 Å². The first kappa shape index (κ1) is 19.0. The summed E-state index contributed by atoms with van der Waals surface area (Å²) in [4.78, 5) is 32.5. The predicted molar refractivity (Wildman–Crippen MR) is 104 cm³/mol. The normalized spacial score (nSPS) is 22.8. The summed E-state index contributed by atoms with van der Waals surface area (Å²) in [5, 5.41) is 3.12. The van der Waals surface area contributed by atoms with Crippen molar-refractivity contribution in [2.24, 2.45) is 11.3 Å². The van der Waals surface area contributed by atoms with Crippen molar-refractivity contribution in [1.82, 2.24) is 20.1 Å². The Morgan fingerprint density at radius 2 is 1.93 bits per heavy atom. The Kier molecular flexibility index (Phi) is 4.71. The number of aromatic nitrogens is 1. The second kappa shape index (κ2) is 6.94. The zero-order valence-electron chi connectivity index (χ0n) is 17.0. The van der Waals surface area contributed by atoms with Crippen molar-refractivity contribution in [2.45, 2.75) is 58.7 Å². The van der Waals surface area contributed by atoms with Crippen molar-refractivity contribution in [3.8, 4) is 0 Å². The number of piperidine rings is 1. The first-order chi connectivity index (χ1) is 13.3. The molecule has 1 aromatic heterocycles. The Labute approximate surface area is 166 Å². The lowest BCUT2D eigenvalue weighted by Crippen LogP contribution is -2.43. The molecule has 2 fully saturated rings. The number of fused-ring (bicyclic) bond motifs is 1. The molecule has 1 atom stereocenters. The number of nitrogens with one attached hydrogen (secondary N) is 1. The Morgan fingerprint density at radius 1 is 1.21 bits per heavy atom. The molecule has 1 N–H and O–H groups in total. The molecule has 3 heterocycles. The van der Waals surface area contributed by atoms with Crippen LogP contribution in [0, 0.1) is 11.3 Å². The third kappa shape index (κ3) is 3.93. The molecule has 7 nitrogen and oxygen atoms in total. The van der Waals surface area contributed by atoms with Crippen molar-refractivity contribution >= 4 is 12.1 Å². The fourth-order valence-corrected chi connectivity index (χ4v) is 4.48. The summed E-state index contributed by atoms with van der Waals surface area (Å²) < 4.78 is 5.48. The highest BCUT2D eigenvalue weighted by Gasteiger charge is 2.55. The number of pyridine rings is 1. The van der Waals surface area contributed by atoms with Crippen molar-refractivity contribution in [3.05, 3.63) is 29.6 Å². The molecule has 3 amide bonds. The molecule has 1 saturated heterocycles. The fraction of sp³-hybridized carbons (Fsp3) is 0.667. The van der Waals surface area contributed by atoms with Gasteiger partial charge in [0.15, 0.2) is 0 Å². The average molecular weight is 386 g/mol. The van der Waals surface area contributed by atoms with E-state index < -0.39 is 5.60 Å². The molecule has 1 saturated carbocycles. The van der Waals surface area contributed by atoms with Crippen LogP contribution in [-0.2, 0) is 17.8 Å². The highest BCUT2D eigenvalue weighted by Crippen LogP contribution is 2.59. The van der Waals surface area contributed by atoms with Gasteiger partial charge in [0.25, 0.3) is 0 Å². The van der Waals surface area contributed by atoms with E-state index in [0.29, 0.717) is 24.4 Å². The van der Waals surface area contributed by atoms with Gasteiger partial charge in [-0.05, 0) is 68.6 Å². The molecule has 28 heavy (non-hydrogen) atoms. The number of hydrogen-bond donors (Lipinski definition) is 1. The predicted octanol–water partition coefficient (Wildman–Crippen LogP) is 3.14. The number of rotatable bonds is 2. The summed E-state index contributed by atoms with van der Waals surface area (Å²) in [5.74, 6) is 0.517. The summed E-state index contributed by atoms with van der Waals surface area (Å²) in [6.45, 7) is 9.18. The van der Waals surface area contributed by atoms with Crippen LogP contribution < -0.4 is 5.32 Å². The zero-order valence-corrected chi connectivity index (χ0v) is 17.0. The molecular weight excluding hydrogens is 356 g/mol. The number of urea groups is 1. The van der Waals surface area contributed by atoms with Crippen LogP contribution in [0.3, 0.4) is 0 Å². The minimum Gasteiger partial charge on any atom is -0.444 e. The molecule has 0 bridgehead atoms. The Hall–Kier alpha value is -2.31. The summed E-state index contributed by atoms with van der Waals surface area (Å²) in [6.07, 6.45) is 6.53. The molecular formula is C21H30N4O3. The van der Waals surface area contributed by atoms with E-state index in [4.69, 9.17) is 4.74 Å². The van der Waals surface area contributed by atoms with Crippen LogP contribution in [0.1, 0.15) is 51.2 Å². The molecule has 1 aromatic rings. The van der Waals surface area contributed by atoms with Crippen LogP contribution in [0.4, 0.5) is 9.59 Å². The molecule has 1 unspecified atom stereocenters. The summed E-state index contributed by atoms with van der Waals surface area (Å²) >= 11 is 0. The smallest absolute Gasteiger partial charge is 0.410 e. The van der Waals surface area contributed by atoms with Gasteiger partial charge in [0.05, 0.1) is 0 Å². The number of nitrogens with zero attached hydrogens (tertiary/aromatic N) is 3. The molecule has 1 spiro atoms. The monoisotopic (exact) mass is 386 g/mol. The van der Waals surface area contributed by atoms with E-state index in [9.17, 15) is 9.59 Å². The van der Waals surface area contributed by atoms with E-state index in [2.05, 4.69) is 10.3 Å². The van der Waals surface area contributed by atoms with Gasteiger partial charge in [0.2, 0.25) is 0 Å². The molecule has 3 aliphatic rings. The van der Waals surface area contributed by atoms with E-state index >= 15 is 0 Å². The van der Waals surface area contributed by atoms with E-state index in [1.807, 2.05) is 42.8 Å². The van der Waals surface area contributed by atoms with Crippen molar-refractivity contribution in [1.29, 1.82) is 0 Å². The summed E-state index contributed by atoms with van der Waals surface area (Å²) in [6, 6.07) is 1.99. The lowest BCUT2D eigenvalue weighted by molar-refractivity contribution is 0.0165. The highest BCUT2D eigenvalue weighted by atomic mass is 16.6. The maximum absolute atomic E-state index is 12.5. The van der Waals surface area contributed by atoms with Gasteiger partial charge in [-0.25, -0.2) is 9.59 Å².